The number of benzene rings is 1. The number of aromatic nitrogens is 1. The van der Waals surface area contributed by atoms with Crippen molar-refractivity contribution in [2.75, 3.05) is 36.5 Å². The smallest absolute Gasteiger partial charge is 0.416 e. The Hall–Kier alpha value is -2.81. The molecule has 0 bridgehead atoms. The number of anilines is 2. The predicted molar refractivity (Wildman–Crippen MR) is 102 cm³/mol. The lowest BCUT2D eigenvalue weighted by Crippen LogP contribution is -2.36. The molecule has 1 N–H and O–H groups in total. The van der Waals surface area contributed by atoms with Crippen LogP contribution in [0.25, 0.3) is 0 Å². The minimum Gasteiger partial charge on any atom is -0.475 e. The van der Waals surface area contributed by atoms with Crippen LogP contribution in [-0.2, 0) is 10.9 Å². The van der Waals surface area contributed by atoms with Crippen molar-refractivity contribution in [2.45, 2.75) is 26.1 Å². The molecule has 156 valence electrons. The number of alkyl halides is 3. The Morgan fingerprint density at radius 1 is 1.21 bits per heavy atom. The van der Waals surface area contributed by atoms with Crippen molar-refractivity contribution in [1.29, 1.82) is 0 Å². The molecule has 2 heterocycles. The minimum absolute atomic E-state index is 0.0663. The average molecular weight is 409 g/mol. The van der Waals surface area contributed by atoms with Crippen LogP contribution in [0.2, 0.25) is 0 Å². The molecular weight excluding hydrogens is 387 g/mol. The van der Waals surface area contributed by atoms with Gasteiger partial charge in [-0.15, -0.1) is 0 Å². The van der Waals surface area contributed by atoms with Gasteiger partial charge in [0, 0.05) is 25.4 Å². The van der Waals surface area contributed by atoms with Gasteiger partial charge in [-0.1, -0.05) is 0 Å². The first-order valence-electron chi connectivity index (χ1n) is 9.22. The second-order valence-corrected chi connectivity index (χ2v) is 6.83. The molecule has 0 spiro atoms. The van der Waals surface area contributed by atoms with Crippen LogP contribution >= 0.6 is 0 Å². The molecule has 29 heavy (non-hydrogen) atoms. The summed E-state index contributed by atoms with van der Waals surface area (Å²) < 4.78 is 50.3. The van der Waals surface area contributed by atoms with Crippen LogP contribution in [0.4, 0.5) is 24.5 Å². The van der Waals surface area contributed by atoms with Gasteiger partial charge in [-0.25, -0.2) is 4.98 Å². The Morgan fingerprint density at radius 3 is 2.52 bits per heavy atom. The largest absolute Gasteiger partial charge is 0.475 e. The summed E-state index contributed by atoms with van der Waals surface area (Å²) in [6.07, 6.45) is -3.25. The van der Waals surface area contributed by atoms with Gasteiger partial charge in [0.25, 0.3) is 5.91 Å². The lowest BCUT2D eigenvalue weighted by Gasteiger charge is -2.31. The number of carbonyl (C=O) groups is 1. The van der Waals surface area contributed by atoms with Crippen LogP contribution in [0.1, 0.15) is 29.8 Å². The molecule has 0 aliphatic carbocycles. The minimum atomic E-state index is -4.51. The van der Waals surface area contributed by atoms with Gasteiger partial charge < -0.3 is 19.7 Å². The number of carbonyl (C=O) groups excluding carboxylic acids is 1. The maximum Gasteiger partial charge on any atom is 0.416 e. The SMILES string of the molecule is CC(C)Oc1ccc(C(=O)Nc2cc(C(F)(F)F)ccc2N2CCOCC2)cn1. The third kappa shape index (κ3) is 5.38. The number of halogens is 3. The van der Waals surface area contributed by atoms with E-state index in [9.17, 15) is 18.0 Å². The van der Waals surface area contributed by atoms with Crippen LogP contribution in [0.15, 0.2) is 36.5 Å². The van der Waals surface area contributed by atoms with E-state index >= 15 is 0 Å². The van der Waals surface area contributed by atoms with Crippen LogP contribution in [0.5, 0.6) is 5.88 Å². The predicted octanol–water partition coefficient (Wildman–Crippen LogP) is 3.98. The lowest BCUT2D eigenvalue weighted by molar-refractivity contribution is -0.137. The normalized spacial score (nSPS) is 14.8. The fraction of sp³-hybridized carbons (Fsp3) is 0.400. The summed E-state index contributed by atoms with van der Waals surface area (Å²) in [6, 6.07) is 6.40. The molecule has 3 rings (SSSR count). The highest BCUT2D eigenvalue weighted by Crippen LogP contribution is 2.36. The monoisotopic (exact) mass is 409 g/mol. The fourth-order valence-electron chi connectivity index (χ4n) is 2.91. The highest BCUT2D eigenvalue weighted by atomic mass is 19.4. The van der Waals surface area contributed by atoms with Crippen LogP contribution in [-0.4, -0.2) is 43.3 Å². The molecule has 0 saturated carbocycles. The standard InChI is InChI=1S/C20H22F3N3O3/c1-13(2)29-18-6-3-14(12-24-18)19(27)25-16-11-15(20(21,22)23)4-5-17(16)26-7-9-28-10-8-26/h3-6,11-13H,7-10H2,1-2H3,(H,25,27). The molecule has 1 fully saturated rings. The lowest BCUT2D eigenvalue weighted by atomic mass is 10.1. The molecule has 1 aliphatic heterocycles. The van der Waals surface area contributed by atoms with Gasteiger partial charge in [0.05, 0.1) is 41.8 Å². The van der Waals surface area contributed by atoms with E-state index in [1.54, 1.807) is 6.07 Å². The number of nitrogens with zero attached hydrogens (tertiary/aromatic N) is 2. The van der Waals surface area contributed by atoms with Crippen LogP contribution in [0.3, 0.4) is 0 Å². The van der Waals surface area contributed by atoms with Gasteiger partial charge in [-0.2, -0.15) is 13.2 Å². The quantitative estimate of drug-likeness (QED) is 0.810. The van der Waals surface area contributed by atoms with Crippen molar-refractivity contribution in [3.8, 4) is 5.88 Å². The van der Waals surface area contributed by atoms with Gasteiger partial charge in [0.2, 0.25) is 5.88 Å². The number of hydrogen-bond acceptors (Lipinski definition) is 5. The second kappa shape index (κ2) is 8.69. The van der Waals surface area contributed by atoms with Gasteiger partial charge >= 0.3 is 6.18 Å². The van der Waals surface area contributed by atoms with Gasteiger partial charge in [-0.05, 0) is 38.1 Å². The molecule has 0 atom stereocenters. The maximum atomic E-state index is 13.2. The fourth-order valence-corrected chi connectivity index (χ4v) is 2.91. The van der Waals surface area contributed by atoms with E-state index in [1.165, 1.54) is 18.3 Å². The summed E-state index contributed by atoms with van der Waals surface area (Å²) in [6.45, 7) is 5.69. The molecule has 1 aromatic carbocycles. The van der Waals surface area contributed by atoms with E-state index in [1.807, 2.05) is 18.7 Å². The first-order valence-corrected chi connectivity index (χ1v) is 9.22. The van der Waals surface area contributed by atoms with Crippen LogP contribution < -0.4 is 15.0 Å². The van der Waals surface area contributed by atoms with Crippen LogP contribution in [0, 0.1) is 0 Å². The zero-order chi connectivity index (χ0) is 21.0. The molecule has 0 radical (unpaired) electrons. The molecule has 1 saturated heterocycles. The molecular formula is C20H22F3N3O3. The Balaban J connectivity index is 1.86. The Kier molecular flexibility index (Phi) is 6.26. The van der Waals surface area contributed by atoms with E-state index in [-0.39, 0.29) is 17.4 Å². The third-order valence-electron chi connectivity index (χ3n) is 4.28. The Bertz CT molecular complexity index is 848. The first-order chi connectivity index (χ1) is 13.7. The highest BCUT2D eigenvalue weighted by Gasteiger charge is 2.32. The topological polar surface area (TPSA) is 63.7 Å². The van der Waals surface area contributed by atoms with Gasteiger partial charge in [0.15, 0.2) is 0 Å². The Labute approximate surface area is 166 Å². The highest BCUT2D eigenvalue weighted by molar-refractivity contribution is 6.05. The summed E-state index contributed by atoms with van der Waals surface area (Å²) >= 11 is 0. The molecule has 2 aromatic rings. The van der Waals surface area contributed by atoms with Crippen molar-refractivity contribution >= 4 is 17.3 Å². The zero-order valence-corrected chi connectivity index (χ0v) is 16.1. The molecule has 1 amide bonds. The number of amides is 1. The molecule has 9 heteroatoms. The summed E-state index contributed by atoms with van der Waals surface area (Å²) in [4.78, 5) is 18.6. The summed E-state index contributed by atoms with van der Waals surface area (Å²) in [5.74, 6) is -0.188. The second-order valence-electron chi connectivity index (χ2n) is 6.83. The number of pyridine rings is 1. The number of ether oxygens (including phenoxy) is 2. The van der Waals surface area contributed by atoms with E-state index < -0.39 is 17.6 Å². The molecule has 0 unspecified atom stereocenters. The number of rotatable bonds is 5. The number of hydrogen-bond donors (Lipinski definition) is 1. The van der Waals surface area contributed by atoms with Crippen molar-refractivity contribution in [3.05, 3.63) is 47.7 Å². The molecule has 6 nitrogen and oxygen atoms in total. The van der Waals surface area contributed by atoms with Crippen molar-refractivity contribution in [2.24, 2.45) is 0 Å². The van der Waals surface area contributed by atoms with Crippen molar-refractivity contribution in [1.82, 2.24) is 4.98 Å². The van der Waals surface area contributed by atoms with Crippen molar-refractivity contribution in [3.63, 3.8) is 0 Å². The van der Waals surface area contributed by atoms with E-state index in [0.29, 0.717) is 37.9 Å². The Morgan fingerprint density at radius 2 is 1.93 bits per heavy atom. The van der Waals surface area contributed by atoms with Gasteiger partial charge in [-0.3, -0.25) is 4.79 Å². The summed E-state index contributed by atoms with van der Waals surface area (Å²) in [7, 11) is 0. The van der Waals surface area contributed by atoms with E-state index in [0.717, 1.165) is 12.1 Å². The zero-order valence-electron chi connectivity index (χ0n) is 16.1. The molecule has 1 aromatic heterocycles. The molecule has 1 aliphatic rings. The van der Waals surface area contributed by atoms with E-state index in [4.69, 9.17) is 9.47 Å². The number of nitrogens with one attached hydrogen (secondary N) is 1. The first kappa shape index (κ1) is 20.9. The third-order valence-corrected chi connectivity index (χ3v) is 4.28. The van der Waals surface area contributed by atoms with Crippen molar-refractivity contribution < 1.29 is 27.4 Å². The summed E-state index contributed by atoms with van der Waals surface area (Å²) in [5.41, 5.74) is -0.00772. The maximum absolute atomic E-state index is 13.2. The van der Waals surface area contributed by atoms with Gasteiger partial charge in [0.1, 0.15) is 0 Å². The van der Waals surface area contributed by atoms with E-state index in [2.05, 4.69) is 10.3 Å². The average Bonchev–Trinajstić information content (AvgIpc) is 2.68. The number of morpholine rings is 1. The summed E-state index contributed by atoms with van der Waals surface area (Å²) in [5, 5.41) is 2.59.